The molecular formula is C15H10F3N3O2. The number of Topliss-reactive ketones (excluding diaryl/α,β-unsaturated/α-hetero) is 1. The summed E-state index contributed by atoms with van der Waals surface area (Å²) in [7, 11) is 0. The van der Waals surface area contributed by atoms with Crippen LogP contribution < -0.4 is 5.56 Å². The first-order valence-electron chi connectivity index (χ1n) is 6.44. The summed E-state index contributed by atoms with van der Waals surface area (Å²) in [5.41, 5.74) is -1.47. The van der Waals surface area contributed by atoms with Crippen LogP contribution in [-0.2, 0) is 17.5 Å². The summed E-state index contributed by atoms with van der Waals surface area (Å²) in [5, 5.41) is 9.11. The molecule has 23 heavy (non-hydrogen) atoms. The number of carbonyl (C=O) groups is 1. The van der Waals surface area contributed by atoms with Gasteiger partial charge in [0.05, 0.1) is 23.9 Å². The number of carbonyl (C=O) groups excluding carboxylic acids is 1. The first kappa shape index (κ1) is 16.4. The lowest BCUT2D eigenvalue weighted by Gasteiger charge is -2.11. The van der Waals surface area contributed by atoms with Crippen molar-refractivity contribution in [3.05, 3.63) is 64.3 Å². The molecule has 2 aromatic rings. The summed E-state index contributed by atoms with van der Waals surface area (Å²) in [5.74, 6) is -1.97. The van der Waals surface area contributed by atoms with Crippen molar-refractivity contribution in [2.75, 3.05) is 0 Å². The normalized spacial score (nSPS) is 12.4. The van der Waals surface area contributed by atoms with Crippen LogP contribution in [0.3, 0.4) is 0 Å². The molecule has 0 bridgehead atoms. The van der Waals surface area contributed by atoms with Crippen molar-refractivity contribution < 1.29 is 18.0 Å². The van der Waals surface area contributed by atoms with E-state index in [0.29, 0.717) is 6.20 Å². The van der Waals surface area contributed by atoms with Crippen LogP contribution in [0.5, 0.6) is 0 Å². The second kappa shape index (κ2) is 6.44. The Bertz CT molecular complexity index is 804. The van der Waals surface area contributed by atoms with Crippen molar-refractivity contribution in [3.63, 3.8) is 0 Å². The van der Waals surface area contributed by atoms with E-state index in [2.05, 4.69) is 4.98 Å². The van der Waals surface area contributed by atoms with Gasteiger partial charge < -0.3 is 4.57 Å². The fourth-order valence-electron chi connectivity index (χ4n) is 1.90. The highest BCUT2D eigenvalue weighted by atomic mass is 19.4. The number of nitriles is 1. The summed E-state index contributed by atoms with van der Waals surface area (Å²) in [4.78, 5) is 27.2. The molecule has 118 valence electrons. The Morgan fingerprint density at radius 2 is 2.04 bits per heavy atom. The van der Waals surface area contributed by atoms with Gasteiger partial charge in [0.15, 0.2) is 5.78 Å². The number of nitrogens with zero attached hydrogens (tertiary/aromatic N) is 3. The molecule has 0 aliphatic rings. The molecule has 0 aromatic carbocycles. The largest absolute Gasteiger partial charge is 0.417 e. The molecule has 2 heterocycles. The lowest BCUT2D eigenvalue weighted by atomic mass is 10.0. The number of hydrogen-bond donors (Lipinski definition) is 0. The Morgan fingerprint density at radius 1 is 1.30 bits per heavy atom. The maximum Gasteiger partial charge on any atom is 0.417 e. The van der Waals surface area contributed by atoms with E-state index in [1.807, 2.05) is 0 Å². The first-order valence-corrected chi connectivity index (χ1v) is 6.44. The number of aromatic nitrogens is 2. The summed E-state index contributed by atoms with van der Waals surface area (Å²) in [6.45, 7) is -0.361. The van der Waals surface area contributed by atoms with Gasteiger partial charge in [-0.2, -0.15) is 18.4 Å². The maximum absolute atomic E-state index is 12.5. The smallest absolute Gasteiger partial charge is 0.308 e. The van der Waals surface area contributed by atoms with Gasteiger partial charge in [-0.05, 0) is 18.2 Å². The van der Waals surface area contributed by atoms with Crippen LogP contribution in [0.1, 0.15) is 17.2 Å². The molecule has 0 saturated heterocycles. The SMILES string of the molecule is N#C[C@@H](C(=O)Cn1ccccc1=O)c1ccc(C(F)(F)F)cn1. The zero-order valence-electron chi connectivity index (χ0n) is 11.6. The van der Waals surface area contributed by atoms with Gasteiger partial charge in [-0.1, -0.05) is 6.07 Å². The van der Waals surface area contributed by atoms with Crippen molar-refractivity contribution >= 4 is 5.78 Å². The van der Waals surface area contributed by atoms with E-state index < -0.39 is 29.0 Å². The Hall–Kier alpha value is -2.95. The molecule has 8 heteroatoms. The van der Waals surface area contributed by atoms with E-state index in [0.717, 1.165) is 16.7 Å². The molecule has 0 aliphatic heterocycles. The Labute approximate surface area is 128 Å². The Kier molecular flexibility index (Phi) is 4.60. The van der Waals surface area contributed by atoms with Crippen LogP contribution in [0.25, 0.3) is 0 Å². The van der Waals surface area contributed by atoms with E-state index in [9.17, 15) is 22.8 Å². The molecule has 1 atom stereocenters. The molecule has 0 fully saturated rings. The first-order chi connectivity index (χ1) is 10.8. The van der Waals surface area contributed by atoms with E-state index >= 15 is 0 Å². The van der Waals surface area contributed by atoms with Gasteiger partial charge in [0, 0.05) is 18.5 Å². The van der Waals surface area contributed by atoms with Crippen LogP contribution >= 0.6 is 0 Å². The summed E-state index contributed by atoms with van der Waals surface area (Å²) >= 11 is 0. The monoisotopic (exact) mass is 321 g/mol. The third kappa shape index (κ3) is 3.83. The minimum absolute atomic E-state index is 0.0884. The number of alkyl halides is 3. The van der Waals surface area contributed by atoms with Crippen LogP contribution in [0.4, 0.5) is 13.2 Å². The molecule has 0 spiro atoms. The summed E-state index contributed by atoms with van der Waals surface area (Å²) < 4.78 is 38.6. The fourth-order valence-corrected chi connectivity index (χ4v) is 1.90. The van der Waals surface area contributed by atoms with Crippen molar-refractivity contribution in [3.8, 4) is 6.07 Å². The van der Waals surface area contributed by atoms with Crippen molar-refractivity contribution in [1.29, 1.82) is 5.26 Å². The lowest BCUT2D eigenvalue weighted by molar-refractivity contribution is -0.137. The highest BCUT2D eigenvalue weighted by Gasteiger charge is 2.31. The highest BCUT2D eigenvalue weighted by Crippen LogP contribution is 2.29. The molecule has 0 unspecified atom stereocenters. The van der Waals surface area contributed by atoms with Crippen molar-refractivity contribution in [2.45, 2.75) is 18.6 Å². The van der Waals surface area contributed by atoms with Crippen molar-refractivity contribution in [1.82, 2.24) is 9.55 Å². The number of rotatable bonds is 4. The fraction of sp³-hybridized carbons (Fsp3) is 0.200. The maximum atomic E-state index is 12.5. The lowest BCUT2D eigenvalue weighted by Crippen LogP contribution is -2.26. The minimum atomic E-state index is -4.55. The number of ketones is 1. The number of hydrogen-bond acceptors (Lipinski definition) is 4. The second-order valence-electron chi connectivity index (χ2n) is 4.66. The van der Waals surface area contributed by atoms with Crippen LogP contribution in [0, 0.1) is 11.3 Å². The molecule has 0 aliphatic carbocycles. The van der Waals surface area contributed by atoms with Gasteiger partial charge in [0.25, 0.3) is 5.56 Å². The van der Waals surface area contributed by atoms with Gasteiger partial charge in [0.1, 0.15) is 5.92 Å². The molecule has 2 aromatic heterocycles. The molecule has 0 N–H and O–H groups in total. The Balaban J connectivity index is 2.23. The van der Waals surface area contributed by atoms with Gasteiger partial charge >= 0.3 is 6.18 Å². The highest BCUT2D eigenvalue weighted by molar-refractivity contribution is 5.87. The summed E-state index contributed by atoms with van der Waals surface area (Å²) in [6, 6.07) is 7.76. The third-order valence-corrected chi connectivity index (χ3v) is 3.09. The quantitative estimate of drug-likeness (QED) is 0.864. The van der Waals surface area contributed by atoms with Crippen molar-refractivity contribution in [2.24, 2.45) is 0 Å². The van der Waals surface area contributed by atoms with Crippen LogP contribution in [0.2, 0.25) is 0 Å². The van der Waals surface area contributed by atoms with Gasteiger partial charge in [-0.3, -0.25) is 14.6 Å². The standard InChI is InChI=1S/C15H10F3N3O2/c16-15(17,18)10-4-5-12(20-8-10)11(7-19)13(22)9-21-6-2-1-3-14(21)23/h1-6,8,11H,9H2/t11-/m1/s1. The molecular weight excluding hydrogens is 311 g/mol. The van der Waals surface area contributed by atoms with E-state index in [1.165, 1.54) is 18.3 Å². The number of halogens is 3. The molecule has 2 rings (SSSR count). The average Bonchev–Trinajstić information content (AvgIpc) is 2.50. The minimum Gasteiger partial charge on any atom is -0.308 e. The third-order valence-electron chi connectivity index (χ3n) is 3.09. The average molecular weight is 321 g/mol. The molecule has 0 amide bonds. The van der Waals surface area contributed by atoms with E-state index in [1.54, 1.807) is 12.1 Å². The number of pyridine rings is 2. The predicted molar refractivity (Wildman–Crippen MR) is 73.3 cm³/mol. The zero-order valence-corrected chi connectivity index (χ0v) is 11.6. The van der Waals surface area contributed by atoms with E-state index in [-0.39, 0.29) is 12.2 Å². The second-order valence-corrected chi connectivity index (χ2v) is 4.66. The van der Waals surface area contributed by atoms with Gasteiger partial charge in [-0.15, -0.1) is 0 Å². The Morgan fingerprint density at radius 3 is 2.57 bits per heavy atom. The van der Waals surface area contributed by atoms with Crippen LogP contribution in [-0.4, -0.2) is 15.3 Å². The van der Waals surface area contributed by atoms with Gasteiger partial charge in [-0.25, -0.2) is 0 Å². The topological polar surface area (TPSA) is 75.8 Å². The molecule has 0 saturated carbocycles. The van der Waals surface area contributed by atoms with E-state index in [4.69, 9.17) is 5.26 Å². The predicted octanol–water partition coefficient (Wildman–Crippen LogP) is 2.14. The van der Waals surface area contributed by atoms with Gasteiger partial charge in [0.2, 0.25) is 0 Å². The molecule has 0 radical (unpaired) electrons. The molecule has 5 nitrogen and oxygen atoms in total. The van der Waals surface area contributed by atoms with Crippen LogP contribution in [0.15, 0.2) is 47.5 Å². The zero-order chi connectivity index (χ0) is 17.0. The summed E-state index contributed by atoms with van der Waals surface area (Å²) in [6.07, 6.45) is -2.59.